The fourth-order valence-corrected chi connectivity index (χ4v) is 3.48. The van der Waals surface area contributed by atoms with Gasteiger partial charge in [0.2, 0.25) is 5.82 Å². The average molecular weight is 415 g/mol. The number of benzene rings is 2. The molecule has 8 nitrogen and oxygen atoms in total. The maximum absolute atomic E-state index is 11.8. The molecule has 4 aromatic rings. The van der Waals surface area contributed by atoms with Crippen LogP contribution in [0.3, 0.4) is 0 Å². The van der Waals surface area contributed by atoms with Crippen molar-refractivity contribution in [1.82, 2.24) is 25.6 Å². The van der Waals surface area contributed by atoms with Gasteiger partial charge in [-0.2, -0.15) is 5.21 Å². The summed E-state index contributed by atoms with van der Waals surface area (Å²) in [7, 11) is 0. The molecule has 0 spiro atoms. The second kappa shape index (κ2) is 8.74. The lowest BCUT2D eigenvalue weighted by atomic mass is 9.97. The topological polar surface area (TPSA) is 114 Å². The number of carbonyl (C=O) groups is 1. The van der Waals surface area contributed by atoms with Gasteiger partial charge in [0.05, 0.1) is 5.69 Å². The van der Waals surface area contributed by atoms with Crippen LogP contribution in [0.5, 0.6) is 5.75 Å². The molecule has 156 valence electrons. The van der Waals surface area contributed by atoms with Crippen molar-refractivity contribution in [2.24, 2.45) is 0 Å². The Labute approximate surface area is 178 Å². The minimum Gasteiger partial charge on any atom is -0.488 e. The maximum atomic E-state index is 11.8. The number of H-pyrrole nitrogens is 1. The second-order valence-corrected chi connectivity index (χ2v) is 7.01. The largest absolute Gasteiger partial charge is 0.488 e. The van der Waals surface area contributed by atoms with Gasteiger partial charge in [0.15, 0.2) is 0 Å². The lowest BCUT2D eigenvalue weighted by Crippen LogP contribution is -2.10. The third kappa shape index (κ3) is 4.28. The molecule has 0 radical (unpaired) electrons. The van der Waals surface area contributed by atoms with Crippen LogP contribution in [-0.4, -0.2) is 36.7 Å². The van der Waals surface area contributed by atoms with Crippen LogP contribution in [0.15, 0.2) is 54.6 Å². The molecular formula is C23H21N5O3. The molecule has 0 atom stereocenters. The number of nitrogens with zero attached hydrogens (tertiary/aromatic N) is 4. The molecule has 2 N–H and O–H groups in total. The molecule has 0 aliphatic rings. The van der Waals surface area contributed by atoms with Gasteiger partial charge in [-0.05, 0) is 41.3 Å². The Morgan fingerprint density at radius 1 is 1.10 bits per heavy atom. The quantitative estimate of drug-likeness (QED) is 0.467. The molecule has 0 saturated heterocycles. The van der Waals surface area contributed by atoms with Gasteiger partial charge in [-0.1, -0.05) is 49.4 Å². The summed E-state index contributed by atoms with van der Waals surface area (Å²) in [5, 5.41) is 24.1. The van der Waals surface area contributed by atoms with Gasteiger partial charge in [-0.15, -0.1) is 10.2 Å². The Morgan fingerprint density at radius 3 is 2.58 bits per heavy atom. The summed E-state index contributed by atoms with van der Waals surface area (Å²) >= 11 is 0. The predicted octanol–water partition coefficient (Wildman–Crippen LogP) is 4.08. The SMILES string of the molecule is CCc1nc(C)cc(OCc2ccc(-c3ccccc3)c(-c3nn[nH]n3)c2)c1C(=O)O. The zero-order chi connectivity index (χ0) is 21.8. The minimum absolute atomic E-state index is 0.104. The summed E-state index contributed by atoms with van der Waals surface area (Å²) in [5.41, 5.74) is 4.97. The Bertz CT molecular complexity index is 1210. The van der Waals surface area contributed by atoms with Crippen molar-refractivity contribution in [3.8, 4) is 28.3 Å². The van der Waals surface area contributed by atoms with Crippen LogP contribution in [0.2, 0.25) is 0 Å². The maximum Gasteiger partial charge on any atom is 0.341 e. The number of aromatic nitrogens is 5. The lowest BCUT2D eigenvalue weighted by molar-refractivity contribution is 0.0690. The molecule has 0 bridgehead atoms. The summed E-state index contributed by atoms with van der Waals surface area (Å²) in [5.74, 6) is -0.267. The van der Waals surface area contributed by atoms with Gasteiger partial charge in [0.25, 0.3) is 0 Å². The van der Waals surface area contributed by atoms with Gasteiger partial charge < -0.3 is 9.84 Å². The van der Waals surface area contributed by atoms with Crippen molar-refractivity contribution in [2.75, 3.05) is 0 Å². The van der Waals surface area contributed by atoms with Crippen LogP contribution in [0.25, 0.3) is 22.5 Å². The number of hydrogen-bond acceptors (Lipinski definition) is 6. The van der Waals surface area contributed by atoms with Crippen molar-refractivity contribution < 1.29 is 14.6 Å². The first-order valence-electron chi connectivity index (χ1n) is 9.85. The van der Waals surface area contributed by atoms with E-state index in [2.05, 4.69) is 25.6 Å². The molecule has 8 heteroatoms. The Morgan fingerprint density at radius 2 is 1.90 bits per heavy atom. The molecule has 0 aliphatic carbocycles. The summed E-state index contributed by atoms with van der Waals surface area (Å²) in [4.78, 5) is 16.1. The highest BCUT2D eigenvalue weighted by atomic mass is 16.5. The van der Waals surface area contributed by atoms with Gasteiger partial charge in [-0.25, -0.2) is 4.79 Å². The fraction of sp³-hybridized carbons (Fsp3) is 0.174. The van der Waals surface area contributed by atoms with E-state index in [1.165, 1.54) is 0 Å². The number of pyridine rings is 1. The van der Waals surface area contributed by atoms with Crippen LogP contribution < -0.4 is 4.74 Å². The van der Waals surface area contributed by atoms with Gasteiger partial charge in [-0.3, -0.25) is 4.98 Å². The first-order valence-corrected chi connectivity index (χ1v) is 9.85. The highest BCUT2D eigenvalue weighted by Gasteiger charge is 2.19. The van der Waals surface area contributed by atoms with E-state index < -0.39 is 5.97 Å². The van der Waals surface area contributed by atoms with Crippen LogP contribution in [-0.2, 0) is 13.0 Å². The molecule has 2 aromatic heterocycles. The second-order valence-electron chi connectivity index (χ2n) is 7.01. The third-order valence-electron chi connectivity index (χ3n) is 4.88. The summed E-state index contributed by atoms with van der Waals surface area (Å²) in [6, 6.07) is 17.4. The molecular weight excluding hydrogens is 394 g/mol. The molecule has 0 unspecified atom stereocenters. The number of ether oxygens (including phenoxy) is 1. The number of carboxylic acids is 1. The van der Waals surface area contributed by atoms with Gasteiger partial charge in [0, 0.05) is 17.3 Å². The number of aryl methyl sites for hydroxylation is 2. The van der Waals surface area contributed by atoms with E-state index in [0.717, 1.165) is 22.3 Å². The molecule has 0 amide bonds. The van der Waals surface area contributed by atoms with E-state index in [4.69, 9.17) is 4.74 Å². The molecule has 31 heavy (non-hydrogen) atoms. The normalized spacial score (nSPS) is 10.8. The zero-order valence-corrected chi connectivity index (χ0v) is 17.2. The summed E-state index contributed by atoms with van der Waals surface area (Å²) in [6.07, 6.45) is 0.507. The zero-order valence-electron chi connectivity index (χ0n) is 17.2. The Hall–Kier alpha value is -4.07. The fourth-order valence-electron chi connectivity index (χ4n) is 3.48. The van der Waals surface area contributed by atoms with E-state index in [-0.39, 0.29) is 12.2 Å². The van der Waals surface area contributed by atoms with Crippen LogP contribution in [0.1, 0.15) is 34.2 Å². The molecule has 0 saturated carbocycles. The first kappa shape index (κ1) is 20.2. The van der Waals surface area contributed by atoms with E-state index in [1.807, 2.05) is 62.4 Å². The Balaban J connectivity index is 1.69. The molecule has 2 heterocycles. The Kier molecular flexibility index (Phi) is 5.70. The molecule has 2 aromatic carbocycles. The van der Waals surface area contributed by atoms with E-state index >= 15 is 0 Å². The van der Waals surface area contributed by atoms with E-state index in [1.54, 1.807) is 6.07 Å². The van der Waals surface area contributed by atoms with Crippen molar-refractivity contribution >= 4 is 5.97 Å². The first-order chi connectivity index (χ1) is 15.1. The molecule has 0 aliphatic heterocycles. The summed E-state index contributed by atoms with van der Waals surface area (Å²) < 4.78 is 5.94. The smallest absolute Gasteiger partial charge is 0.341 e. The highest BCUT2D eigenvalue weighted by molar-refractivity contribution is 5.92. The van der Waals surface area contributed by atoms with E-state index in [0.29, 0.717) is 29.4 Å². The van der Waals surface area contributed by atoms with Crippen molar-refractivity contribution in [3.63, 3.8) is 0 Å². The number of aromatic carboxylic acids is 1. The van der Waals surface area contributed by atoms with Gasteiger partial charge >= 0.3 is 5.97 Å². The number of aromatic amines is 1. The number of tetrazole rings is 1. The van der Waals surface area contributed by atoms with E-state index in [9.17, 15) is 9.90 Å². The van der Waals surface area contributed by atoms with Gasteiger partial charge in [0.1, 0.15) is 17.9 Å². The number of carboxylic acid groups (broad SMARTS) is 1. The van der Waals surface area contributed by atoms with Crippen LogP contribution >= 0.6 is 0 Å². The van der Waals surface area contributed by atoms with Crippen molar-refractivity contribution in [3.05, 3.63) is 77.1 Å². The minimum atomic E-state index is -1.05. The molecule has 0 fully saturated rings. The standard InChI is InChI=1S/C23H21N5O3/c1-3-19-21(23(29)30)20(11-14(2)24-19)31-13-15-9-10-17(16-7-5-4-6-8-16)18(12-15)22-25-27-28-26-22/h4-12H,3,13H2,1-2H3,(H,29,30)(H,25,26,27,28). The van der Waals surface area contributed by atoms with Crippen molar-refractivity contribution in [2.45, 2.75) is 26.9 Å². The summed E-state index contributed by atoms with van der Waals surface area (Å²) in [6.45, 7) is 3.88. The number of rotatable bonds is 7. The van der Waals surface area contributed by atoms with Crippen LogP contribution in [0.4, 0.5) is 0 Å². The number of hydrogen-bond donors (Lipinski definition) is 2. The third-order valence-corrected chi connectivity index (χ3v) is 4.88. The average Bonchev–Trinajstić information content (AvgIpc) is 3.32. The number of nitrogens with one attached hydrogen (secondary N) is 1. The van der Waals surface area contributed by atoms with Crippen LogP contribution in [0, 0.1) is 6.92 Å². The molecule has 4 rings (SSSR count). The predicted molar refractivity (Wildman–Crippen MR) is 115 cm³/mol. The highest BCUT2D eigenvalue weighted by Crippen LogP contribution is 2.31. The van der Waals surface area contributed by atoms with Crippen molar-refractivity contribution in [1.29, 1.82) is 0 Å². The lowest BCUT2D eigenvalue weighted by Gasteiger charge is -2.14. The monoisotopic (exact) mass is 415 g/mol.